The second kappa shape index (κ2) is 7.35. The molecule has 11 heavy (non-hydrogen) atoms. The van der Waals surface area contributed by atoms with Crippen molar-refractivity contribution in [3.8, 4) is 0 Å². The summed E-state index contributed by atoms with van der Waals surface area (Å²) in [5.41, 5.74) is 0. The number of hydrogen-bond donors (Lipinski definition) is 1. The van der Waals surface area contributed by atoms with E-state index in [-0.39, 0.29) is 0 Å². The van der Waals surface area contributed by atoms with Gasteiger partial charge in [0.15, 0.2) is 0 Å². The van der Waals surface area contributed by atoms with Crippen LogP contribution in [0.1, 0.15) is 33.6 Å². The normalized spacial score (nSPS) is 16.7. The summed E-state index contributed by atoms with van der Waals surface area (Å²) >= 11 is 0.447. The van der Waals surface area contributed by atoms with Gasteiger partial charge in [-0.2, -0.15) is 0 Å². The van der Waals surface area contributed by atoms with Crippen molar-refractivity contribution >= 4 is 0 Å². The monoisotopic (exact) mass is 270 g/mol. The first-order valence-corrected chi connectivity index (χ1v) is 7.28. The molecule has 1 N–H and O–H groups in total. The first-order valence-electron chi connectivity index (χ1n) is 4.51. The Kier molecular flexibility index (Phi) is 7.81. The van der Waals surface area contributed by atoms with E-state index in [1.54, 1.807) is 0 Å². The summed E-state index contributed by atoms with van der Waals surface area (Å²) in [5.74, 6) is 0. The summed E-state index contributed by atoms with van der Waals surface area (Å²) in [6, 6.07) is 0.739. The third-order valence-electron chi connectivity index (χ3n) is 1.91. The molecule has 0 fully saturated rings. The minimum atomic E-state index is 0.447. The molecule has 0 rings (SSSR count). The van der Waals surface area contributed by atoms with Crippen LogP contribution in [-0.2, 0) is 0 Å². The molecule has 2 heteroatoms. The molecule has 0 aliphatic rings. The van der Waals surface area contributed by atoms with E-state index in [1.807, 2.05) is 0 Å². The zero-order valence-electron chi connectivity index (χ0n) is 8.15. The molecule has 0 saturated heterocycles. The Labute approximate surface area is 81.6 Å². The van der Waals surface area contributed by atoms with E-state index in [9.17, 15) is 0 Å². The number of alkyl halides is 2. The number of rotatable bonds is 6. The van der Waals surface area contributed by atoms with Crippen LogP contribution >= 0.6 is 0 Å². The number of nitrogens with one attached hydrogen (secondary N) is 1. The fraction of sp³-hybridized carbons (Fsp3) is 1.00. The average molecular weight is 270 g/mol. The Morgan fingerprint density at radius 2 is 2.00 bits per heavy atom. The average Bonchev–Trinajstić information content (AvgIpc) is 2.03. The topological polar surface area (TPSA) is 12.0 Å². The Morgan fingerprint density at radius 1 is 1.36 bits per heavy atom. The van der Waals surface area contributed by atoms with Crippen LogP contribution < -0.4 is 26.5 Å². The fourth-order valence-corrected chi connectivity index (χ4v) is 4.43. The molecular formula is C9H21IN-. The van der Waals surface area contributed by atoms with Crippen LogP contribution in [0.2, 0.25) is 0 Å². The van der Waals surface area contributed by atoms with Crippen LogP contribution in [0.25, 0.3) is 0 Å². The Bertz CT molecular complexity index is 79.6. The standard InChI is InChI=1S/C9H21IN/c1-5-7-9(10-6-2)8(3)11-4/h8-9,11H,5-7H2,1-4H3/q-1/t8-,9+/m1/s1. The Balaban J connectivity index is 3.66. The number of hydrogen-bond acceptors (Lipinski definition) is 1. The van der Waals surface area contributed by atoms with Crippen molar-refractivity contribution in [1.82, 2.24) is 5.32 Å². The zero-order chi connectivity index (χ0) is 8.69. The molecule has 1 nitrogen and oxygen atoms in total. The van der Waals surface area contributed by atoms with Crippen LogP contribution in [0, 0.1) is 0 Å². The SMILES string of the molecule is CCC[C@H]([I-]CC)[C@@H](C)NC. The van der Waals surface area contributed by atoms with Gasteiger partial charge in [0.2, 0.25) is 0 Å². The van der Waals surface area contributed by atoms with E-state index < -0.39 is 0 Å². The molecule has 0 saturated carbocycles. The molecule has 70 valence electrons. The van der Waals surface area contributed by atoms with Crippen molar-refractivity contribution in [3.05, 3.63) is 0 Å². The molecule has 0 amide bonds. The molecule has 0 unspecified atom stereocenters. The first-order chi connectivity index (χ1) is 5.26. The molecule has 0 bridgehead atoms. The van der Waals surface area contributed by atoms with Crippen LogP contribution in [0.4, 0.5) is 0 Å². The second-order valence-corrected chi connectivity index (χ2v) is 6.81. The van der Waals surface area contributed by atoms with Crippen molar-refractivity contribution in [3.63, 3.8) is 0 Å². The van der Waals surface area contributed by atoms with Gasteiger partial charge in [0.1, 0.15) is 0 Å². The van der Waals surface area contributed by atoms with Gasteiger partial charge in [-0.1, -0.05) is 0 Å². The van der Waals surface area contributed by atoms with Crippen LogP contribution in [0.5, 0.6) is 0 Å². The third kappa shape index (κ3) is 5.01. The van der Waals surface area contributed by atoms with E-state index in [1.165, 1.54) is 17.3 Å². The summed E-state index contributed by atoms with van der Waals surface area (Å²) < 4.78 is 2.42. The molecule has 0 aromatic carbocycles. The summed E-state index contributed by atoms with van der Waals surface area (Å²) in [6.45, 7) is 6.92. The summed E-state index contributed by atoms with van der Waals surface area (Å²) in [7, 11) is 2.08. The second-order valence-electron chi connectivity index (χ2n) is 2.80. The predicted octanol–water partition coefficient (Wildman–Crippen LogP) is -1.13. The van der Waals surface area contributed by atoms with Crippen molar-refractivity contribution in [2.45, 2.75) is 43.6 Å². The van der Waals surface area contributed by atoms with Crippen molar-refractivity contribution in [1.29, 1.82) is 0 Å². The summed E-state index contributed by atoms with van der Waals surface area (Å²) in [5, 5.41) is 3.36. The van der Waals surface area contributed by atoms with Gasteiger partial charge < -0.3 is 0 Å². The quantitative estimate of drug-likeness (QED) is 0.476. The van der Waals surface area contributed by atoms with Gasteiger partial charge in [0, 0.05) is 0 Å². The maximum absolute atomic E-state index is 3.36. The molecule has 0 radical (unpaired) electrons. The van der Waals surface area contributed by atoms with Gasteiger partial charge in [0.25, 0.3) is 0 Å². The molecule has 2 atom stereocenters. The van der Waals surface area contributed by atoms with Gasteiger partial charge >= 0.3 is 81.6 Å². The van der Waals surface area contributed by atoms with Crippen LogP contribution in [0.15, 0.2) is 0 Å². The van der Waals surface area contributed by atoms with E-state index in [0.29, 0.717) is 21.2 Å². The third-order valence-corrected chi connectivity index (χ3v) is 5.63. The minimum absolute atomic E-state index is 0.447. The van der Waals surface area contributed by atoms with E-state index in [2.05, 4.69) is 33.1 Å². The molecule has 0 heterocycles. The summed E-state index contributed by atoms with van der Waals surface area (Å²) in [6.07, 6.45) is 2.76. The van der Waals surface area contributed by atoms with E-state index in [0.717, 1.165) is 9.97 Å². The van der Waals surface area contributed by atoms with Crippen LogP contribution in [-0.4, -0.2) is 21.4 Å². The fourth-order valence-electron chi connectivity index (χ4n) is 1.12. The van der Waals surface area contributed by atoms with Crippen molar-refractivity contribution in [2.24, 2.45) is 0 Å². The molecule has 0 spiro atoms. The van der Waals surface area contributed by atoms with Gasteiger partial charge in [-0.15, -0.1) is 0 Å². The van der Waals surface area contributed by atoms with Crippen molar-refractivity contribution < 1.29 is 21.2 Å². The van der Waals surface area contributed by atoms with Gasteiger partial charge in [-0.3, -0.25) is 0 Å². The molecular weight excluding hydrogens is 249 g/mol. The molecule has 0 aliphatic heterocycles. The zero-order valence-corrected chi connectivity index (χ0v) is 10.3. The van der Waals surface area contributed by atoms with Crippen LogP contribution in [0.3, 0.4) is 0 Å². The van der Waals surface area contributed by atoms with Gasteiger partial charge in [-0.05, 0) is 0 Å². The van der Waals surface area contributed by atoms with E-state index >= 15 is 0 Å². The predicted molar refractivity (Wildman–Crippen MR) is 47.8 cm³/mol. The van der Waals surface area contributed by atoms with Gasteiger partial charge in [0.05, 0.1) is 0 Å². The molecule has 0 aromatic rings. The van der Waals surface area contributed by atoms with E-state index in [4.69, 9.17) is 0 Å². The summed E-state index contributed by atoms with van der Waals surface area (Å²) in [4.78, 5) is 0. The maximum atomic E-state index is 3.36. The van der Waals surface area contributed by atoms with Crippen molar-refractivity contribution in [2.75, 3.05) is 11.5 Å². The van der Waals surface area contributed by atoms with Gasteiger partial charge in [-0.25, -0.2) is 0 Å². The molecule has 0 aromatic heterocycles. The first kappa shape index (κ1) is 11.7. The Hall–Kier alpha value is 0.690. The molecule has 0 aliphatic carbocycles. The Morgan fingerprint density at radius 3 is 2.36 bits per heavy atom. The number of halogens is 1.